The highest BCUT2D eigenvalue weighted by molar-refractivity contribution is 8.01. The highest BCUT2D eigenvalue weighted by Gasteiger charge is 2.11. The minimum Gasteiger partial charge on any atom is -0.369 e. The minimum atomic E-state index is 0.801. The van der Waals surface area contributed by atoms with Crippen molar-refractivity contribution in [3.05, 3.63) is 17.0 Å². The fourth-order valence-electron chi connectivity index (χ4n) is 2.18. The van der Waals surface area contributed by atoms with E-state index in [-0.39, 0.29) is 0 Å². The van der Waals surface area contributed by atoms with Crippen molar-refractivity contribution in [3.63, 3.8) is 0 Å². The van der Waals surface area contributed by atoms with Gasteiger partial charge in [-0.25, -0.2) is 9.97 Å². The Balaban J connectivity index is 1.68. The number of fused-ring (bicyclic) bond motifs is 1. The quantitative estimate of drug-likeness (QED) is 0.519. The highest BCUT2D eigenvalue weighted by atomic mass is 32.2. The largest absolute Gasteiger partial charge is 0.369 e. The molecular formula is C14H19N7S2. The molecule has 0 amide bonds. The average Bonchev–Trinajstić information content (AvgIpc) is 3.11. The molecule has 0 radical (unpaired) electrons. The van der Waals surface area contributed by atoms with Gasteiger partial charge in [0.1, 0.15) is 16.6 Å². The third-order valence-corrected chi connectivity index (χ3v) is 5.21. The maximum Gasteiger partial charge on any atom is 0.174 e. The van der Waals surface area contributed by atoms with Gasteiger partial charge in [0.05, 0.1) is 11.6 Å². The first-order valence-electron chi connectivity index (χ1n) is 7.52. The van der Waals surface area contributed by atoms with Crippen LogP contribution in [0.1, 0.15) is 24.2 Å². The highest BCUT2D eigenvalue weighted by Crippen LogP contribution is 2.23. The summed E-state index contributed by atoms with van der Waals surface area (Å²) in [5.74, 6) is 2.63. The van der Waals surface area contributed by atoms with Crippen molar-refractivity contribution in [3.8, 4) is 0 Å². The molecule has 122 valence electrons. The van der Waals surface area contributed by atoms with E-state index < -0.39 is 0 Å². The van der Waals surface area contributed by atoms with E-state index in [1.165, 1.54) is 0 Å². The molecule has 3 aromatic rings. The fraction of sp³-hybridized carbons (Fsp3) is 0.500. The molecule has 0 fully saturated rings. The van der Waals surface area contributed by atoms with Gasteiger partial charge in [-0.2, -0.15) is 5.10 Å². The minimum absolute atomic E-state index is 0.801. The lowest BCUT2D eigenvalue weighted by Gasteiger charge is -2.08. The Morgan fingerprint density at radius 3 is 2.91 bits per heavy atom. The molecular weight excluding hydrogens is 330 g/mol. The van der Waals surface area contributed by atoms with Gasteiger partial charge >= 0.3 is 0 Å². The molecule has 0 saturated carbocycles. The molecule has 3 rings (SSSR count). The van der Waals surface area contributed by atoms with Gasteiger partial charge in [0.2, 0.25) is 0 Å². The lowest BCUT2D eigenvalue weighted by molar-refractivity contribution is 0.772. The third kappa shape index (κ3) is 3.78. The zero-order valence-corrected chi connectivity index (χ0v) is 15.0. The average molecular weight is 349 g/mol. The number of hydrogen-bond donors (Lipinski definition) is 1. The van der Waals surface area contributed by atoms with Crippen LogP contribution in [0.2, 0.25) is 0 Å². The van der Waals surface area contributed by atoms with Crippen molar-refractivity contribution in [2.24, 2.45) is 7.05 Å². The summed E-state index contributed by atoms with van der Waals surface area (Å²) in [6.07, 6.45) is 3.71. The Kier molecular flexibility index (Phi) is 5.06. The van der Waals surface area contributed by atoms with Crippen molar-refractivity contribution < 1.29 is 0 Å². The number of nitrogens with one attached hydrogen (secondary N) is 1. The number of aryl methyl sites for hydroxylation is 3. The summed E-state index contributed by atoms with van der Waals surface area (Å²) in [6, 6.07) is 0. The lowest BCUT2D eigenvalue weighted by Crippen LogP contribution is -2.09. The maximum absolute atomic E-state index is 4.64. The molecule has 0 saturated heterocycles. The van der Waals surface area contributed by atoms with Crippen LogP contribution < -0.4 is 5.32 Å². The molecule has 3 aromatic heterocycles. The van der Waals surface area contributed by atoms with Crippen LogP contribution in [0, 0.1) is 6.92 Å². The molecule has 23 heavy (non-hydrogen) atoms. The van der Waals surface area contributed by atoms with E-state index in [9.17, 15) is 0 Å². The van der Waals surface area contributed by atoms with Gasteiger partial charge in [-0.05, 0) is 13.3 Å². The van der Waals surface area contributed by atoms with Gasteiger partial charge in [-0.3, -0.25) is 4.68 Å². The van der Waals surface area contributed by atoms with Gasteiger partial charge < -0.3 is 5.32 Å². The Hall–Kier alpha value is -1.74. The smallest absolute Gasteiger partial charge is 0.174 e. The van der Waals surface area contributed by atoms with Crippen molar-refractivity contribution >= 4 is 39.9 Å². The molecule has 7 nitrogen and oxygen atoms in total. The zero-order chi connectivity index (χ0) is 16.2. The Labute approximate surface area is 142 Å². The van der Waals surface area contributed by atoms with E-state index in [0.29, 0.717) is 0 Å². The van der Waals surface area contributed by atoms with Gasteiger partial charge in [0.25, 0.3) is 0 Å². The van der Waals surface area contributed by atoms with Crippen LogP contribution in [0.25, 0.3) is 11.0 Å². The van der Waals surface area contributed by atoms with Crippen molar-refractivity contribution in [2.75, 3.05) is 17.6 Å². The number of anilines is 1. The predicted octanol–water partition coefficient (Wildman–Crippen LogP) is 2.68. The van der Waals surface area contributed by atoms with Crippen LogP contribution in [0.3, 0.4) is 0 Å². The SMILES string of the molecule is CCCc1nc(NCCSc2nnc(C)s2)c2cnn(C)c2n1. The second-order valence-electron chi connectivity index (χ2n) is 5.11. The van der Waals surface area contributed by atoms with E-state index in [1.807, 2.05) is 20.2 Å². The monoisotopic (exact) mass is 349 g/mol. The fourth-order valence-corrected chi connectivity index (χ4v) is 3.92. The molecule has 0 aliphatic carbocycles. The lowest BCUT2D eigenvalue weighted by atomic mass is 10.3. The second-order valence-corrected chi connectivity index (χ2v) is 7.63. The summed E-state index contributed by atoms with van der Waals surface area (Å²) < 4.78 is 2.80. The van der Waals surface area contributed by atoms with Crippen LogP contribution in [0.5, 0.6) is 0 Å². The molecule has 0 unspecified atom stereocenters. The van der Waals surface area contributed by atoms with Gasteiger partial charge in [0, 0.05) is 25.8 Å². The molecule has 0 bridgehead atoms. The van der Waals surface area contributed by atoms with E-state index in [4.69, 9.17) is 0 Å². The van der Waals surface area contributed by atoms with Crippen molar-refractivity contribution in [1.29, 1.82) is 0 Å². The Morgan fingerprint density at radius 1 is 1.30 bits per heavy atom. The van der Waals surface area contributed by atoms with Crippen LogP contribution >= 0.6 is 23.1 Å². The van der Waals surface area contributed by atoms with E-state index >= 15 is 0 Å². The van der Waals surface area contributed by atoms with Gasteiger partial charge in [-0.15, -0.1) is 10.2 Å². The first-order chi connectivity index (χ1) is 11.2. The summed E-state index contributed by atoms with van der Waals surface area (Å²) in [5, 5.41) is 17.8. The molecule has 9 heteroatoms. The van der Waals surface area contributed by atoms with Crippen LogP contribution in [0.4, 0.5) is 5.82 Å². The molecule has 0 spiro atoms. The summed E-state index contributed by atoms with van der Waals surface area (Å²) >= 11 is 3.33. The summed E-state index contributed by atoms with van der Waals surface area (Å²) in [7, 11) is 1.91. The van der Waals surface area contributed by atoms with Crippen molar-refractivity contribution in [2.45, 2.75) is 31.0 Å². The van der Waals surface area contributed by atoms with Gasteiger partial charge in [0.15, 0.2) is 9.99 Å². The number of aromatic nitrogens is 6. The Bertz CT molecular complexity index is 796. The normalized spacial score (nSPS) is 11.3. The van der Waals surface area contributed by atoms with Crippen molar-refractivity contribution in [1.82, 2.24) is 29.9 Å². The zero-order valence-electron chi connectivity index (χ0n) is 13.4. The van der Waals surface area contributed by atoms with Gasteiger partial charge in [-0.1, -0.05) is 30.0 Å². The topological polar surface area (TPSA) is 81.4 Å². The molecule has 1 N–H and O–H groups in total. The van der Waals surface area contributed by atoms with E-state index in [1.54, 1.807) is 27.8 Å². The second kappa shape index (κ2) is 7.22. The van der Waals surface area contributed by atoms with Crippen LogP contribution in [-0.4, -0.2) is 42.2 Å². The molecule has 3 heterocycles. The van der Waals surface area contributed by atoms with E-state index in [2.05, 4.69) is 37.5 Å². The Morgan fingerprint density at radius 2 is 2.17 bits per heavy atom. The predicted molar refractivity (Wildman–Crippen MR) is 94.2 cm³/mol. The molecule has 0 aliphatic heterocycles. The molecule has 0 aliphatic rings. The number of rotatable bonds is 7. The number of thioether (sulfide) groups is 1. The first-order valence-corrected chi connectivity index (χ1v) is 9.33. The maximum atomic E-state index is 4.64. The summed E-state index contributed by atoms with van der Waals surface area (Å²) in [4.78, 5) is 9.23. The standard InChI is InChI=1S/C14H19N7S2/c1-4-5-11-17-12(10-8-16-21(3)13(10)18-11)15-6-7-22-14-20-19-9(2)23-14/h8H,4-7H2,1-3H3,(H,15,17,18). The number of hydrogen-bond acceptors (Lipinski definition) is 8. The first kappa shape index (κ1) is 16.1. The third-order valence-electron chi connectivity index (χ3n) is 3.24. The summed E-state index contributed by atoms with van der Waals surface area (Å²) in [6.45, 7) is 4.90. The van der Waals surface area contributed by atoms with Crippen LogP contribution in [-0.2, 0) is 13.5 Å². The van der Waals surface area contributed by atoms with Crippen LogP contribution in [0.15, 0.2) is 10.5 Å². The number of nitrogens with zero attached hydrogens (tertiary/aromatic N) is 6. The molecule has 0 atom stereocenters. The summed E-state index contributed by atoms with van der Waals surface area (Å²) in [5.41, 5.74) is 0.873. The van der Waals surface area contributed by atoms with E-state index in [0.717, 1.165) is 57.2 Å². The molecule has 0 aromatic carbocycles.